The fourth-order valence-corrected chi connectivity index (χ4v) is 5.02. The van der Waals surface area contributed by atoms with Gasteiger partial charge in [-0.3, -0.25) is 14.4 Å². The number of carbonyl (C=O) groups excluding carboxylic acids is 3. The summed E-state index contributed by atoms with van der Waals surface area (Å²) in [5, 5.41) is 12.7. The Morgan fingerprint density at radius 1 is 0.820 bits per heavy atom. The average Bonchev–Trinajstić information content (AvgIpc) is 3.98. The van der Waals surface area contributed by atoms with Crippen LogP contribution in [0.25, 0.3) is 22.0 Å². The number of hydrogen-bond acceptors (Lipinski definition) is 10. The van der Waals surface area contributed by atoms with E-state index in [0.717, 1.165) is 51.8 Å². The zero-order chi connectivity index (χ0) is 35.1. The standard InChI is InChI=1S/C37H45N7O6/c1-25-2-6-30(42-36(47)26-3-4-26)23-32(25)27-5-11-33-28(22-27)24-41-37(44-33)43-29-7-9-31(10-8-29)50-19-16-40-35(46)13-18-49-21-20-48-17-12-34(45)39-15-14-38/h2,5-11,22-24,26H,3-4,12-21,38H2,1H3,(H,39,45)(H,40,46)(H,42,47)(H,41,43,44). The largest absolute Gasteiger partial charge is 0.492 e. The van der Waals surface area contributed by atoms with Gasteiger partial charge in [-0.1, -0.05) is 12.1 Å². The number of benzene rings is 3. The van der Waals surface area contributed by atoms with Crippen LogP contribution >= 0.6 is 0 Å². The predicted molar refractivity (Wildman–Crippen MR) is 192 cm³/mol. The van der Waals surface area contributed by atoms with E-state index in [9.17, 15) is 14.4 Å². The summed E-state index contributed by atoms with van der Waals surface area (Å²) in [6.07, 6.45) is 4.23. The van der Waals surface area contributed by atoms with Crippen LogP contribution in [-0.4, -0.2) is 80.4 Å². The first kappa shape index (κ1) is 36.2. The molecule has 264 valence electrons. The second kappa shape index (κ2) is 18.6. The fraction of sp³-hybridized carbons (Fsp3) is 0.378. The molecule has 0 bridgehead atoms. The lowest BCUT2D eigenvalue weighted by Crippen LogP contribution is -2.29. The molecule has 0 atom stereocenters. The Hall–Kier alpha value is -5.11. The predicted octanol–water partition coefficient (Wildman–Crippen LogP) is 4.08. The van der Waals surface area contributed by atoms with Gasteiger partial charge in [-0.15, -0.1) is 0 Å². The highest BCUT2D eigenvalue weighted by Gasteiger charge is 2.29. The minimum absolute atomic E-state index is 0.0911. The van der Waals surface area contributed by atoms with Crippen molar-refractivity contribution in [3.05, 3.63) is 72.4 Å². The maximum Gasteiger partial charge on any atom is 0.227 e. The monoisotopic (exact) mass is 683 g/mol. The molecular formula is C37H45N7O6. The lowest BCUT2D eigenvalue weighted by molar-refractivity contribution is -0.123. The van der Waals surface area contributed by atoms with Crippen LogP contribution in [0.15, 0.2) is 66.9 Å². The molecule has 0 aliphatic heterocycles. The lowest BCUT2D eigenvalue weighted by atomic mass is 9.98. The molecule has 4 aromatic rings. The van der Waals surface area contributed by atoms with Gasteiger partial charge in [0.25, 0.3) is 0 Å². The number of nitrogens with two attached hydrogens (primary N) is 1. The van der Waals surface area contributed by atoms with Crippen molar-refractivity contribution in [3.63, 3.8) is 0 Å². The molecule has 0 unspecified atom stereocenters. The van der Waals surface area contributed by atoms with Gasteiger partial charge in [0.1, 0.15) is 12.4 Å². The lowest BCUT2D eigenvalue weighted by Gasteiger charge is -2.12. The summed E-state index contributed by atoms with van der Waals surface area (Å²) in [5.41, 5.74) is 10.9. The zero-order valence-electron chi connectivity index (χ0n) is 28.3. The van der Waals surface area contributed by atoms with E-state index in [4.69, 9.17) is 19.9 Å². The van der Waals surface area contributed by atoms with Gasteiger partial charge in [-0.25, -0.2) is 9.97 Å². The van der Waals surface area contributed by atoms with Crippen molar-refractivity contribution >= 4 is 45.9 Å². The van der Waals surface area contributed by atoms with Crippen LogP contribution in [0.5, 0.6) is 5.75 Å². The molecule has 1 aromatic heterocycles. The van der Waals surface area contributed by atoms with Gasteiger partial charge in [-0.2, -0.15) is 0 Å². The molecule has 0 radical (unpaired) electrons. The normalized spacial score (nSPS) is 12.4. The van der Waals surface area contributed by atoms with Gasteiger partial charge in [0.15, 0.2) is 0 Å². The zero-order valence-corrected chi connectivity index (χ0v) is 28.3. The van der Waals surface area contributed by atoms with Crippen LogP contribution < -0.4 is 31.7 Å². The highest BCUT2D eigenvalue weighted by Crippen LogP contribution is 2.32. The number of anilines is 3. The average molecular weight is 684 g/mol. The van der Waals surface area contributed by atoms with Crippen molar-refractivity contribution < 1.29 is 28.6 Å². The Kier molecular flexibility index (Phi) is 13.5. The van der Waals surface area contributed by atoms with E-state index in [1.54, 1.807) is 6.20 Å². The molecule has 0 saturated heterocycles. The summed E-state index contributed by atoms with van der Waals surface area (Å²) in [5.74, 6) is 1.16. The number of fused-ring (bicyclic) bond motifs is 1. The fourth-order valence-electron chi connectivity index (χ4n) is 5.02. The summed E-state index contributed by atoms with van der Waals surface area (Å²) in [6.45, 7) is 4.88. The first-order valence-electron chi connectivity index (χ1n) is 17.0. The number of ether oxygens (including phenoxy) is 3. The van der Waals surface area contributed by atoms with Crippen molar-refractivity contribution in [1.29, 1.82) is 0 Å². The molecule has 5 rings (SSSR count). The maximum atomic E-state index is 12.3. The van der Waals surface area contributed by atoms with E-state index in [2.05, 4.69) is 44.2 Å². The van der Waals surface area contributed by atoms with Crippen molar-refractivity contribution in [2.45, 2.75) is 32.6 Å². The van der Waals surface area contributed by atoms with E-state index in [1.807, 2.05) is 54.6 Å². The highest BCUT2D eigenvalue weighted by molar-refractivity contribution is 5.95. The van der Waals surface area contributed by atoms with E-state index in [0.29, 0.717) is 57.8 Å². The number of aryl methyl sites for hydroxylation is 1. The first-order valence-corrected chi connectivity index (χ1v) is 17.0. The number of hydrogen-bond donors (Lipinski definition) is 5. The third kappa shape index (κ3) is 11.5. The third-order valence-corrected chi connectivity index (χ3v) is 7.93. The van der Waals surface area contributed by atoms with Crippen molar-refractivity contribution in [3.8, 4) is 16.9 Å². The van der Waals surface area contributed by atoms with E-state index < -0.39 is 0 Å². The molecule has 6 N–H and O–H groups in total. The van der Waals surface area contributed by atoms with Crippen molar-refractivity contribution in [2.24, 2.45) is 11.7 Å². The Labute approximate surface area is 291 Å². The first-order chi connectivity index (χ1) is 24.4. The molecule has 0 spiro atoms. The Balaban J connectivity index is 0.990. The van der Waals surface area contributed by atoms with Gasteiger partial charge >= 0.3 is 0 Å². The summed E-state index contributed by atoms with van der Waals surface area (Å²) in [7, 11) is 0. The topological polar surface area (TPSA) is 179 Å². The Morgan fingerprint density at radius 3 is 2.22 bits per heavy atom. The molecule has 13 nitrogen and oxygen atoms in total. The number of rotatable bonds is 20. The quantitative estimate of drug-likeness (QED) is 0.0853. The number of aromatic nitrogens is 2. The molecular weight excluding hydrogens is 638 g/mol. The van der Waals surface area contributed by atoms with Gasteiger partial charge in [-0.05, 0) is 85.0 Å². The SMILES string of the molecule is Cc1ccc(NC(=O)C2CC2)cc1-c1ccc2nc(Nc3ccc(OCCNC(=O)CCOCCOCCC(=O)NCCN)cc3)ncc2c1. The number of carbonyl (C=O) groups is 3. The van der Waals surface area contributed by atoms with E-state index in [1.165, 1.54) is 0 Å². The van der Waals surface area contributed by atoms with Crippen LogP contribution in [0.3, 0.4) is 0 Å². The van der Waals surface area contributed by atoms with Crippen LogP contribution in [0, 0.1) is 12.8 Å². The van der Waals surface area contributed by atoms with Crippen LogP contribution in [-0.2, 0) is 23.9 Å². The smallest absolute Gasteiger partial charge is 0.227 e. The molecule has 1 aliphatic carbocycles. The third-order valence-electron chi connectivity index (χ3n) is 7.93. The molecule has 3 amide bonds. The van der Waals surface area contributed by atoms with Gasteiger partial charge in [0, 0.05) is 54.8 Å². The van der Waals surface area contributed by atoms with Gasteiger partial charge < -0.3 is 41.2 Å². The summed E-state index contributed by atoms with van der Waals surface area (Å²) < 4.78 is 16.5. The molecule has 1 heterocycles. The molecule has 1 fully saturated rings. The minimum atomic E-state index is -0.129. The van der Waals surface area contributed by atoms with E-state index >= 15 is 0 Å². The van der Waals surface area contributed by atoms with Gasteiger partial charge in [0.2, 0.25) is 23.7 Å². The number of amides is 3. The molecule has 1 aliphatic rings. The number of nitrogens with one attached hydrogen (secondary N) is 4. The van der Waals surface area contributed by atoms with Crippen molar-refractivity contribution in [1.82, 2.24) is 20.6 Å². The van der Waals surface area contributed by atoms with Crippen molar-refractivity contribution in [2.75, 3.05) is 63.3 Å². The molecule has 50 heavy (non-hydrogen) atoms. The Morgan fingerprint density at radius 2 is 1.52 bits per heavy atom. The molecule has 3 aromatic carbocycles. The molecule has 1 saturated carbocycles. The molecule has 13 heteroatoms. The highest BCUT2D eigenvalue weighted by atomic mass is 16.5. The number of nitrogens with zero attached hydrogens (tertiary/aromatic N) is 2. The summed E-state index contributed by atoms with van der Waals surface area (Å²) in [6, 6.07) is 19.5. The summed E-state index contributed by atoms with van der Waals surface area (Å²) in [4.78, 5) is 44.9. The second-order valence-corrected chi connectivity index (χ2v) is 12.0. The van der Waals surface area contributed by atoms with E-state index in [-0.39, 0.29) is 43.1 Å². The van der Waals surface area contributed by atoms with Gasteiger partial charge in [0.05, 0.1) is 38.5 Å². The second-order valence-electron chi connectivity index (χ2n) is 12.0. The van der Waals surface area contributed by atoms with Crippen LogP contribution in [0.4, 0.5) is 17.3 Å². The minimum Gasteiger partial charge on any atom is -0.492 e. The Bertz CT molecular complexity index is 1750. The maximum absolute atomic E-state index is 12.3. The van der Waals surface area contributed by atoms with Crippen LogP contribution in [0.1, 0.15) is 31.2 Å². The summed E-state index contributed by atoms with van der Waals surface area (Å²) >= 11 is 0. The van der Waals surface area contributed by atoms with Crippen LogP contribution in [0.2, 0.25) is 0 Å².